The number of hydrogen-bond acceptors (Lipinski definition) is 5. The molecule has 1 saturated heterocycles. The summed E-state index contributed by atoms with van der Waals surface area (Å²) in [4.78, 5) is 38.7. The molecule has 1 heterocycles. The van der Waals surface area contributed by atoms with Crippen molar-refractivity contribution < 1.29 is 19.2 Å². The zero-order chi connectivity index (χ0) is 19.4. The number of nitrogens with zero attached hydrogens (tertiary/aromatic N) is 3. The van der Waals surface area contributed by atoms with E-state index in [2.05, 4.69) is 0 Å². The van der Waals surface area contributed by atoms with Crippen molar-refractivity contribution in [2.45, 2.75) is 12.8 Å². The Morgan fingerprint density at radius 1 is 1.26 bits per heavy atom. The van der Waals surface area contributed by atoms with E-state index >= 15 is 0 Å². The number of carbonyl (C=O) groups excluding carboxylic acids is 2. The van der Waals surface area contributed by atoms with E-state index in [1.54, 1.807) is 36.3 Å². The summed E-state index contributed by atoms with van der Waals surface area (Å²) in [5.41, 5.74) is 0.603. The molecule has 27 heavy (non-hydrogen) atoms. The van der Waals surface area contributed by atoms with Gasteiger partial charge in [-0.05, 0) is 36.8 Å². The van der Waals surface area contributed by atoms with Gasteiger partial charge >= 0.3 is 0 Å². The van der Waals surface area contributed by atoms with Crippen LogP contribution in [-0.4, -0.2) is 42.0 Å². The first-order valence-corrected chi connectivity index (χ1v) is 8.48. The molecule has 1 aliphatic rings. The third-order valence-corrected chi connectivity index (χ3v) is 4.42. The number of hydrogen-bond donors (Lipinski definition) is 0. The Morgan fingerprint density at radius 3 is 2.59 bits per heavy atom. The largest absolute Gasteiger partial charge is 0.497 e. The van der Waals surface area contributed by atoms with Crippen molar-refractivity contribution >= 4 is 23.2 Å². The Kier molecular flexibility index (Phi) is 5.35. The van der Waals surface area contributed by atoms with Gasteiger partial charge in [-0.25, -0.2) is 0 Å². The fourth-order valence-corrected chi connectivity index (χ4v) is 2.96. The minimum Gasteiger partial charge on any atom is -0.497 e. The third-order valence-electron chi connectivity index (χ3n) is 4.42. The predicted octanol–water partition coefficient (Wildman–Crippen LogP) is 2.83. The quantitative estimate of drug-likeness (QED) is 0.577. The van der Waals surface area contributed by atoms with Crippen LogP contribution in [0.4, 0.5) is 11.4 Å². The van der Waals surface area contributed by atoms with Gasteiger partial charge in [-0.15, -0.1) is 0 Å². The number of anilines is 1. The molecule has 2 aromatic rings. The van der Waals surface area contributed by atoms with Gasteiger partial charge < -0.3 is 9.64 Å². The van der Waals surface area contributed by atoms with Crippen LogP contribution in [0.2, 0.25) is 0 Å². The van der Waals surface area contributed by atoms with Gasteiger partial charge in [0.25, 0.3) is 11.6 Å². The van der Waals surface area contributed by atoms with Crippen molar-refractivity contribution in [2.24, 2.45) is 0 Å². The molecule has 0 spiro atoms. The van der Waals surface area contributed by atoms with Crippen LogP contribution in [0.3, 0.4) is 0 Å². The number of non-ortho nitro benzene ring substituents is 1. The van der Waals surface area contributed by atoms with Gasteiger partial charge in [0.2, 0.25) is 5.91 Å². The van der Waals surface area contributed by atoms with Crippen molar-refractivity contribution in [2.75, 3.05) is 25.2 Å². The zero-order valence-electron chi connectivity index (χ0n) is 14.8. The molecule has 0 N–H and O–H groups in total. The smallest absolute Gasteiger partial charge is 0.270 e. The number of nitro groups is 1. The summed E-state index contributed by atoms with van der Waals surface area (Å²) in [5, 5.41) is 11.0. The first kappa shape index (κ1) is 18.4. The number of nitro benzene ring substituents is 1. The Labute approximate surface area is 156 Å². The summed E-state index contributed by atoms with van der Waals surface area (Å²) in [5.74, 6) is 0.211. The Morgan fingerprint density at radius 2 is 2.00 bits per heavy atom. The first-order chi connectivity index (χ1) is 13.0. The monoisotopic (exact) mass is 369 g/mol. The number of ether oxygens (including phenoxy) is 1. The molecule has 8 heteroatoms. The summed E-state index contributed by atoms with van der Waals surface area (Å²) in [6, 6.07) is 12.4. The Bertz CT molecular complexity index is 866. The molecule has 0 aliphatic carbocycles. The zero-order valence-corrected chi connectivity index (χ0v) is 14.8. The van der Waals surface area contributed by atoms with Crippen molar-refractivity contribution in [1.29, 1.82) is 0 Å². The molecule has 0 bridgehead atoms. The molecule has 140 valence electrons. The fraction of sp³-hybridized carbons (Fsp3) is 0.263. The molecule has 0 atom stereocenters. The minimum absolute atomic E-state index is 0.0136. The van der Waals surface area contributed by atoms with Gasteiger partial charge in [0.15, 0.2) is 0 Å². The third kappa shape index (κ3) is 4.05. The van der Waals surface area contributed by atoms with Crippen LogP contribution in [-0.2, 0) is 4.79 Å². The molecule has 2 aromatic carbocycles. The second-order valence-corrected chi connectivity index (χ2v) is 6.14. The van der Waals surface area contributed by atoms with E-state index in [4.69, 9.17) is 4.74 Å². The van der Waals surface area contributed by atoms with Crippen LogP contribution >= 0.6 is 0 Å². The van der Waals surface area contributed by atoms with E-state index in [-0.39, 0.29) is 23.8 Å². The van der Waals surface area contributed by atoms with Crippen LogP contribution < -0.4 is 9.64 Å². The van der Waals surface area contributed by atoms with Gasteiger partial charge in [0.1, 0.15) is 12.4 Å². The number of carbonyl (C=O) groups is 2. The van der Waals surface area contributed by atoms with Crippen LogP contribution in [0, 0.1) is 10.1 Å². The van der Waals surface area contributed by atoms with Crippen molar-refractivity contribution in [3.8, 4) is 5.75 Å². The number of rotatable bonds is 6. The molecule has 2 amide bonds. The van der Waals surface area contributed by atoms with E-state index in [1.807, 2.05) is 0 Å². The number of likely N-dealkylation sites (tertiary alicyclic amines) is 1. The summed E-state index contributed by atoms with van der Waals surface area (Å²) in [7, 11) is 1.55. The highest BCUT2D eigenvalue weighted by Crippen LogP contribution is 2.24. The van der Waals surface area contributed by atoms with Crippen LogP contribution in [0.25, 0.3) is 0 Å². The topological polar surface area (TPSA) is 93.0 Å². The van der Waals surface area contributed by atoms with Crippen LogP contribution in [0.15, 0.2) is 48.5 Å². The normalized spacial score (nSPS) is 13.5. The van der Waals surface area contributed by atoms with Gasteiger partial charge in [0.05, 0.1) is 12.0 Å². The highest BCUT2D eigenvalue weighted by atomic mass is 16.6. The number of benzene rings is 2. The first-order valence-electron chi connectivity index (χ1n) is 8.48. The molecule has 1 fully saturated rings. The molecule has 3 rings (SSSR count). The van der Waals surface area contributed by atoms with Crippen molar-refractivity contribution in [3.05, 3.63) is 64.2 Å². The van der Waals surface area contributed by atoms with E-state index in [0.717, 1.165) is 6.42 Å². The molecular weight excluding hydrogens is 350 g/mol. The van der Waals surface area contributed by atoms with Gasteiger partial charge in [-0.3, -0.25) is 24.6 Å². The molecule has 8 nitrogen and oxygen atoms in total. The van der Waals surface area contributed by atoms with Crippen molar-refractivity contribution in [1.82, 2.24) is 4.90 Å². The lowest BCUT2D eigenvalue weighted by atomic mass is 10.1. The van der Waals surface area contributed by atoms with Gasteiger partial charge in [0, 0.05) is 36.3 Å². The van der Waals surface area contributed by atoms with E-state index in [9.17, 15) is 19.7 Å². The maximum Gasteiger partial charge on any atom is 0.270 e. The standard InChI is InChI=1S/C19H19N3O5/c1-27-17-9-7-15(8-10-17)21(13-20-11-3-6-18(20)23)19(24)14-4-2-5-16(12-14)22(25)26/h2,4-5,7-10,12H,3,6,11,13H2,1H3. The summed E-state index contributed by atoms with van der Waals surface area (Å²) in [6.07, 6.45) is 1.21. The number of amides is 2. The lowest BCUT2D eigenvalue weighted by Crippen LogP contribution is -2.42. The average Bonchev–Trinajstić information content (AvgIpc) is 3.10. The number of methoxy groups -OCH3 is 1. The molecular formula is C19H19N3O5. The molecule has 0 radical (unpaired) electrons. The Balaban J connectivity index is 1.94. The Hall–Kier alpha value is -3.42. The maximum absolute atomic E-state index is 13.1. The highest BCUT2D eigenvalue weighted by molar-refractivity contribution is 6.06. The average molecular weight is 369 g/mol. The SMILES string of the molecule is COc1ccc(N(CN2CCCC2=O)C(=O)c2cccc([N+](=O)[O-])c2)cc1. The van der Waals surface area contributed by atoms with Crippen LogP contribution in [0.1, 0.15) is 23.2 Å². The second-order valence-electron chi connectivity index (χ2n) is 6.14. The lowest BCUT2D eigenvalue weighted by Gasteiger charge is -2.28. The van der Waals surface area contributed by atoms with E-state index in [1.165, 1.54) is 29.2 Å². The van der Waals surface area contributed by atoms with E-state index in [0.29, 0.717) is 24.4 Å². The fourth-order valence-electron chi connectivity index (χ4n) is 2.96. The second kappa shape index (κ2) is 7.86. The summed E-state index contributed by atoms with van der Waals surface area (Å²) >= 11 is 0. The van der Waals surface area contributed by atoms with Crippen molar-refractivity contribution in [3.63, 3.8) is 0 Å². The van der Waals surface area contributed by atoms with E-state index < -0.39 is 10.8 Å². The molecule has 0 saturated carbocycles. The molecule has 0 aromatic heterocycles. The summed E-state index contributed by atoms with van der Waals surface area (Å²) < 4.78 is 5.14. The summed E-state index contributed by atoms with van der Waals surface area (Å²) in [6.45, 7) is 0.667. The highest BCUT2D eigenvalue weighted by Gasteiger charge is 2.27. The maximum atomic E-state index is 13.1. The lowest BCUT2D eigenvalue weighted by molar-refractivity contribution is -0.384. The van der Waals surface area contributed by atoms with Gasteiger partial charge in [-0.2, -0.15) is 0 Å². The predicted molar refractivity (Wildman–Crippen MR) is 98.7 cm³/mol. The van der Waals surface area contributed by atoms with Crippen LogP contribution in [0.5, 0.6) is 5.75 Å². The van der Waals surface area contributed by atoms with Gasteiger partial charge in [-0.1, -0.05) is 6.07 Å². The molecule has 0 unspecified atom stereocenters. The minimum atomic E-state index is -0.543. The molecule has 1 aliphatic heterocycles.